The molecule has 0 radical (unpaired) electrons. The molecule has 0 saturated heterocycles. The molecule has 0 bridgehead atoms. The lowest BCUT2D eigenvalue weighted by atomic mass is 10.2. The van der Waals surface area contributed by atoms with Crippen molar-refractivity contribution in [1.29, 1.82) is 0 Å². The first-order chi connectivity index (χ1) is 11.3. The summed E-state index contributed by atoms with van der Waals surface area (Å²) in [7, 11) is -3.56. The number of aryl methyl sites for hydroxylation is 1. The smallest absolute Gasteiger partial charge is 0.243 e. The van der Waals surface area contributed by atoms with E-state index in [1.807, 2.05) is 20.8 Å². The van der Waals surface area contributed by atoms with Gasteiger partial charge in [-0.05, 0) is 44.5 Å². The zero-order valence-corrected chi connectivity index (χ0v) is 16.0. The van der Waals surface area contributed by atoms with Crippen molar-refractivity contribution >= 4 is 21.6 Å². The summed E-state index contributed by atoms with van der Waals surface area (Å²) < 4.78 is 26.9. The number of anilines is 1. The molecule has 0 spiro atoms. The lowest BCUT2D eigenvalue weighted by Crippen LogP contribution is -2.38. The molecular weight excluding hydrogens is 326 g/mol. The molecule has 0 aliphatic heterocycles. The van der Waals surface area contributed by atoms with Crippen molar-refractivity contribution in [2.24, 2.45) is 0 Å². The van der Waals surface area contributed by atoms with E-state index in [1.54, 1.807) is 26.0 Å². The molecule has 0 aliphatic carbocycles. The van der Waals surface area contributed by atoms with Crippen LogP contribution in [0, 0.1) is 6.92 Å². The third-order valence-corrected chi connectivity index (χ3v) is 6.06. The summed E-state index contributed by atoms with van der Waals surface area (Å²) in [5, 5.41) is 5.89. The van der Waals surface area contributed by atoms with Crippen LogP contribution in [-0.4, -0.2) is 44.3 Å². The third kappa shape index (κ3) is 5.03. The minimum Gasteiger partial charge on any atom is -0.325 e. The monoisotopic (exact) mass is 355 g/mol. The van der Waals surface area contributed by atoms with Gasteiger partial charge in [-0.3, -0.25) is 4.79 Å². The standard InChI is InChI=1S/C17H29N3O3S/c1-6-11-18-14(5)17(21)19-15-10-9-13(4)16(12-15)24(22,23)20(7-2)8-3/h9-10,12,14,18H,6-8,11H2,1-5H3,(H,19,21). The van der Waals surface area contributed by atoms with Crippen LogP contribution in [0.2, 0.25) is 0 Å². The van der Waals surface area contributed by atoms with Crippen LogP contribution in [0.3, 0.4) is 0 Å². The number of benzene rings is 1. The topological polar surface area (TPSA) is 78.5 Å². The van der Waals surface area contributed by atoms with E-state index in [2.05, 4.69) is 10.6 Å². The average molecular weight is 356 g/mol. The Balaban J connectivity index is 3.04. The summed E-state index contributed by atoms with van der Waals surface area (Å²) in [6, 6.07) is 4.64. The van der Waals surface area contributed by atoms with E-state index < -0.39 is 10.0 Å². The van der Waals surface area contributed by atoms with Gasteiger partial charge < -0.3 is 10.6 Å². The molecule has 6 nitrogen and oxygen atoms in total. The maximum Gasteiger partial charge on any atom is 0.243 e. The van der Waals surface area contributed by atoms with Gasteiger partial charge in [0.25, 0.3) is 0 Å². The van der Waals surface area contributed by atoms with Crippen LogP contribution in [0.15, 0.2) is 23.1 Å². The minimum absolute atomic E-state index is 0.182. The van der Waals surface area contributed by atoms with Crippen LogP contribution in [0.5, 0.6) is 0 Å². The van der Waals surface area contributed by atoms with E-state index in [9.17, 15) is 13.2 Å². The molecule has 1 aromatic carbocycles. The zero-order valence-electron chi connectivity index (χ0n) is 15.2. The molecule has 1 unspecified atom stereocenters. The quantitative estimate of drug-likeness (QED) is 0.713. The van der Waals surface area contributed by atoms with Crippen molar-refractivity contribution in [3.63, 3.8) is 0 Å². The second-order valence-electron chi connectivity index (χ2n) is 5.73. The Labute approximate surface area is 145 Å². The van der Waals surface area contributed by atoms with Crippen molar-refractivity contribution in [3.8, 4) is 0 Å². The van der Waals surface area contributed by atoms with Crippen molar-refractivity contribution in [2.45, 2.75) is 52.0 Å². The molecule has 1 atom stereocenters. The lowest BCUT2D eigenvalue weighted by molar-refractivity contribution is -0.117. The number of hydrogen-bond donors (Lipinski definition) is 2. The number of nitrogens with one attached hydrogen (secondary N) is 2. The van der Waals surface area contributed by atoms with Crippen LogP contribution < -0.4 is 10.6 Å². The highest BCUT2D eigenvalue weighted by molar-refractivity contribution is 7.89. The van der Waals surface area contributed by atoms with Gasteiger partial charge in [0.05, 0.1) is 10.9 Å². The molecule has 0 saturated carbocycles. The summed E-state index contributed by atoms with van der Waals surface area (Å²) >= 11 is 0. The van der Waals surface area contributed by atoms with Crippen LogP contribution in [0.25, 0.3) is 0 Å². The molecule has 0 aromatic heterocycles. The fourth-order valence-corrected chi connectivity index (χ4v) is 4.07. The van der Waals surface area contributed by atoms with Crippen molar-refractivity contribution in [1.82, 2.24) is 9.62 Å². The van der Waals surface area contributed by atoms with Gasteiger partial charge in [0.2, 0.25) is 15.9 Å². The van der Waals surface area contributed by atoms with Gasteiger partial charge in [-0.1, -0.05) is 26.8 Å². The van der Waals surface area contributed by atoms with Crippen LogP contribution in [0.1, 0.15) is 39.7 Å². The SMILES string of the molecule is CCCNC(C)C(=O)Nc1ccc(C)c(S(=O)(=O)N(CC)CC)c1. The Morgan fingerprint density at radius 3 is 2.38 bits per heavy atom. The molecule has 0 fully saturated rings. The van der Waals surface area contributed by atoms with Gasteiger partial charge >= 0.3 is 0 Å². The second-order valence-corrected chi connectivity index (χ2v) is 7.64. The zero-order chi connectivity index (χ0) is 18.3. The highest BCUT2D eigenvalue weighted by Gasteiger charge is 2.24. The third-order valence-electron chi connectivity index (χ3n) is 3.87. The normalized spacial score (nSPS) is 13.1. The summed E-state index contributed by atoms with van der Waals surface area (Å²) in [5.74, 6) is -0.182. The Morgan fingerprint density at radius 1 is 1.21 bits per heavy atom. The molecular formula is C17H29N3O3S. The fraction of sp³-hybridized carbons (Fsp3) is 0.588. The highest BCUT2D eigenvalue weighted by Crippen LogP contribution is 2.23. The maximum atomic E-state index is 12.7. The van der Waals surface area contributed by atoms with Crippen molar-refractivity contribution in [2.75, 3.05) is 25.0 Å². The van der Waals surface area contributed by atoms with Crippen molar-refractivity contribution < 1.29 is 13.2 Å². The predicted octanol–water partition coefficient (Wildman–Crippen LogP) is 2.35. The number of sulfonamides is 1. The highest BCUT2D eigenvalue weighted by atomic mass is 32.2. The molecule has 24 heavy (non-hydrogen) atoms. The van der Waals surface area contributed by atoms with Gasteiger partial charge in [0.15, 0.2) is 0 Å². The van der Waals surface area contributed by atoms with Gasteiger partial charge in [-0.25, -0.2) is 8.42 Å². The lowest BCUT2D eigenvalue weighted by Gasteiger charge is -2.20. The number of amides is 1. The molecule has 1 amide bonds. The Bertz CT molecular complexity index is 655. The number of nitrogens with zero attached hydrogens (tertiary/aromatic N) is 1. The first kappa shape index (κ1) is 20.6. The Hall–Kier alpha value is -1.44. The molecule has 0 heterocycles. The maximum absolute atomic E-state index is 12.7. The fourth-order valence-electron chi connectivity index (χ4n) is 2.36. The van der Waals surface area contributed by atoms with Gasteiger partial charge in [0.1, 0.15) is 0 Å². The van der Waals surface area contributed by atoms with Gasteiger partial charge in [-0.15, -0.1) is 0 Å². The first-order valence-electron chi connectivity index (χ1n) is 8.42. The Morgan fingerprint density at radius 2 is 1.83 bits per heavy atom. The number of rotatable bonds is 9. The van der Waals surface area contributed by atoms with E-state index in [-0.39, 0.29) is 16.8 Å². The van der Waals surface area contributed by atoms with E-state index in [0.717, 1.165) is 13.0 Å². The van der Waals surface area contributed by atoms with E-state index in [0.29, 0.717) is 24.3 Å². The number of carbonyl (C=O) groups is 1. The predicted molar refractivity (Wildman–Crippen MR) is 97.7 cm³/mol. The molecule has 2 N–H and O–H groups in total. The average Bonchev–Trinajstić information content (AvgIpc) is 2.54. The molecule has 0 aliphatic rings. The summed E-state index contributed by atoms with van der Waals surface area (Å²) in [6.07, 6.45) is 0.939. The molecule has 1 aromatic rings. The van der Waals surface area contributed by atoms with Crippen LogP contribution >= 0.6 is 0 Å². The van der Waals surface area contributed by atoms with E-state index in [1.165, 1.54) is 10.4 Å². The van der Waals surface area contributed by atoms with Crippen LogP contribution in [0.4, 0.5) is 5.69 Å². The van der Waals surface area contributed by atoms with Crippen molar-refractivity contribution in [3.05, 3.63) is 23.8 Å². The summed E-state index contributed by atoms with van der Waals surface area (Å²) in [6.45, 7) is 10.8. The van der Waals surface area contributed by atoms with Crippen LogP contribution in [-0.2, 0) is 14.8 Å². The summed E-state index contributed by atoms with van der Waals surface area (Å²) in [4.78, 5) is 12.4. The van der Waals surface area contributed by atoms with E-state index in [4.69, 9.17) is 0 Å². The van der Waals surface area contributed by atoms with Gasteiger partial charge in [-0.2, -0.15) is 4.31 Å². The number of hydrogen-bond acceptors (Lipinski definition) is 4. The Kier molecular flexibility index (Phi) is 7.86. The molecule has 7 heteroatoms. The van der Waals surface area contributed by atoms with E-state index >= 15 is 0 Å². The first-order valence-corrected chi connectivity index (χ1v) is 9.86. The molecule has 1 rings (SSSR count). The molecule has 136 valence electrons. The number of carbonyl (C=O) groups excluding carboxylic acids is 1. The second kappa shape index (κ2) is 9.15. The minimum atomic E-state index is -3.56. The largest absolute Gasteiger partial charge is 0.325 e. The van der Waals surface area contributed by atoms with Gasteiger partial charge in [0, 0.05) is 18.8 Å². The summed E-state index contributed by atoms with van der Waals surface area (Å²) in [5.41, 5.74) is 1.15.